The molecule has 0 spiro atoms. The van der Waals surface area contributed by atoms with Crippen molar-refractivity contribution in [3.05, 3.63) is 0 Å². The second-order valence-electron chi connectivity index (χ2n) is 6.49. The van der Waals surface area contributed by atoms with Gasteiger partial charge >= 0.3 is 12.0 Å². The van der Waals surface area contributed by atoms with E-state index < -0.39 is 11.5 Å². The van der Waals surface area contributed by atoms with Crippen LogP contribution >= 0.6 is 0 Å². The van der Waals surface area contributed by atoms with Gasteiger partial charge in [-0.2, -0.15) is 0 Å². The summed E-state index contributed by atoms with van der Waals surface area (Å²) >= 11 is 0. The molecule has 120 valence electrons. The summed E-state index contributed by atoms with van der Waals surface area (Å²) < 4.78 is 5.53. The summed E-state index contributed by atoms with van der Waals surface area (Å²) in [4.78, 5) is 25.5. The van der Waals surface area contributed by atoms with E-state index in [0.29, 0.717) is 13.2 Å². The Morgan fingerprint density at radius 1 is 1.29 bits per heavy atom. The van der Waals surface area contributed by atoms with Crippen molar-refractivity contribution in [2.75, 3.05) is 13.2 Å². The molecule has 1 aliphatic carbocycles. The maximum atomic E-state index is 12.6. The van der Waals surface area contributed by atoms with Crippen LogP contribution in [0.5, 0.6) is 0 Å². The van der Waals surface area contributed by atoms with Gasteiger partial charge in [0, 0.05) is 6.54 Å². The summed E-state index contributed by atoms with van der Waals surface area (Å²) in [6.07, 6.45) is 4.59. The molecule has 0 aromatic rings. The minimum absolute atomic E-state index is 0.00696. The van der Waals surface area contributed by atoms with Gasteiger partial charge in [0.1, 0.15) is 0 Å². The van der Waals surface area contributed by atoms with E-state index in [1.165, 1.54) is 0 Å². The minimum Gasteiger partial charge on any atom is -0.481 e. The fourth-order valence-corrected chi connectivity index (χ4v) is 3.35. The van der Waals surface area contributed by atoms with Crippen molar-refractivity contribution < 1.29 is 19.4 Å². The predicted octanol–water partition coefficient (Wildman–Crippen LogP) is 1.98. The van der Waals surface area contributed by atoms with Crippen LogP contribution in [0.3, 0.4) is 0 Å². The number of carboxylic acids is 1. The molecule has 0 radical (unpaired) electrons. The van der Waals surface area contributed by atoms with Crippen molar-refractivity contribution in [1.82, 2.24) is 10.2 Å². The van der Waals surface area contributed by atoms with Crippen LogP contribution in [-0.4, -0.2) is 52.8 Å². The third kappa shape index (κ3) is 4.09. The zero-order valence-electron chi connectivity index (χ0n) is 12.9. The van der Waals surface area contributed by atoms with Crippen molar-refractivity contribution in [2.24, 2.45) is 0 Å². The number of hydrogen-bond donors (Lipinski definition) is 2. The zero-order valence-corrected chi connectivity index (χ0v) is 12.9. The smallest absolute Gasteiger partial charge is 0.318 e. The number of hydrogen-bond acceptors (Lipinski definition) is 3. The van der Waals surface area contributed by atoms with Gasteiger partial charge in [-0.3, -0.25) is 4.79 Å². The first-order valence-corrected chi connectivity index (χ1v) is 7.84. The molecule has 2 fully saturated rings. The van der Waals surface area contributed by atoms with Gasteiger partial charge in [0.2, 0.25) is 0 Å². The van der Waals surface area contributed by atoms with E-state index >= 15 is 0 Å². The van der Waals surface area contributed by atoms with Gasteiger partial charge in [0.25, 0.3) is 0 Å². The first-order valence-electron chi connectivity index (χ1n) is 7.84. The summed E-state index contributed by atoms with van der Waals surface area (Å²) in [6.45, 7) is 4.98. The highest BCUT2D eigenvalue weighted by molar-refractivity contribution is 5.77. The van der Waals surface area contributed by atoms with Crippen molar-refractivity contribution >= 4 is 12.0 Å². The van der Waals surface area contributed by atoms with Gasteiger partial charge in [-0.05, 0) is 26.7 Å². The third-order valence-corrected chi connectivity index (χ3v) is 4.54. The molecule has 21 heavy (non-hydrogen) atoms. The van der Waals surface area contributed by atoms with E-state index in [9.17, 15) is 9.59 Å². The Labute approximate surface area is 125 Å². The molecule has 0 aromatic carbocycles. The van der Waals surface area contributed by atoms with Crippen molar-refractivity contribution in [2.45, 2.75) is 70.1 Å². The summed E-state index contributed by atoms with van der Waals surface area (Å²) in [5.41, 5.74) is -0.581. The van der Waals surface area contributed by atoms with Gasteiger partial charge in [-0.15, -0.1) is 0 Å². The molecular formula is C15H26N2O4. The first-order chi connectivity index (χ1) is 9.92. The van der Waals surface area contributed by atoms with E-state index in [1.54, 1.807) is 4.90 Å². The molecule has 2 unspecified atom stereocenters. The molecule has 6 nitrogen and oxygen atoms in total. The van der Waals surface area contributed by atoms with Gasteiger partial charge in [-0.25, -0.2) is 4.79 Å². The van der Waals surface area contributed by atoms with E-state index in [4.69, 9.17) is 9.84 Å². The molecule has 6 heteroatoms. The first kappa shape index (κ1) is 16.1. The van der Waals surface area contributed by atoms with Gasteiger partial charge < -0.3 is 20.1 Å². The van der Waals surface area contributed by atoms with Crippen LogP contribution in [0.2, 0.25) is 0 Å². The number of rotatable bonds is 3. The molecule has 2 amide bonds. The van der Waals surface area contributed by atoms with E-state index in [1.807, 2.05) is 13.8 Å². The normalized spacial score (nSPS) is 29.0. The zero-order chi connectivity index (χ0) is 15.5. The van der Waals surface area contributed by atoms with Crippen molar-refractivity contribution in [3.63, 3.8) is 0 Å². The molecule has 2 N–H and O–H groups in total. The van der Waals surface area contributed by atoms with Gasteiger partial charge in [0.05, 0.1) is 30.7 Å². The summed E-state index contributed by atoms with van der Waals surface area (Å²) in [5, 5.41) is 12.2. The molecule has 1 saturated carbocycles. The van der Waals surface area contributed by atoms with Crippen LogP contribution in [0, 0.1) is 0 Å². The maximum Gasteiger partial charge on any atom is 0.318 e. The number of ether oxygens (including phenoxy) is 1. The molecule has 2 rings (SSSR count). The van der Waals surface area contributed by atoms with Crippen LogP contribution in [0.15, 0.2) is 0 Å². The highest BCUT2D eigenvalue weighted by Gasteiger charge is 2.38. The lowest BCUT2D eigenvalue weighted by Gasteiger charge is -2.42. The van der Waals surface area contributed by atoms with E-state index in [2.05, 4.69) is 5.32 Å². The van der Waals surface area contributed by atoms with Crippen molar-refractivity contribution in [3.8, 4) is 0 Å². The number of amides is 2. The molecule has 2 atom stereocenters. The average molecular weight is 298 g/mol. The maximum absolute atomic E-state index is 12.6. The average Bonchev–Trinajstić information content (AvgIpc) is 2.41. The molecule has 2 aliphatic rings. The fourth-order valence-electron chi connectivity index (χ4n) is 3.35. The second-order valence-corrected chi connectivity index (χ2v) is 6.49. The Bertz CT molecular complexity index is 393. The van der Waals surface area contributed by atoms with Crippen LogP contribution in [0.1, 0.15) is 52.4 Å². The Morgan fingerprint density at radius 3 is 2.57 bits per heavy atom. The van der Waals surface area contributed by atoms with Crippen LogP contribution in [0.4, 0.5) is 4.79 Å². The number of nitrogens with one attached hydrogen (secondary N) is 1. The lowest BCUT2D eigenvalue weighted by atomic mass is 9.79. The predicted molar refractivity (Wildman–Crippen MR) is 78.2 cm³/mol. The standard InChI is InChI=1S/C15H26N2O4/c1-11-10-21-12(2)9-17(11)14(20)16-15(8-13(18)19)6-4-3-5-7-15/h11-12H,3-10H2,1-2H3,(H,16,20)(H,18,19). The topological polar surface area (TPSA) is 78.9 Å². The highest BCUT2D eigenvalue weighted by atomic mass is 16.5. The van der Waals surface area contributed by atoms with Crippen LogP contribution in [0.25, 0.3) is 0 Å². The molecular weight excluding hydrogens is 272 g/mol. The number of nitrogens with zero attached hydrogens (tertiary/aromatic N) is 1. The molecule has 0 bridgehead atoms. The number of aliphatic carboxylic acids is 1. The Balaban J connectivity index is 2.04. The number of morpholine rings is 1. The summed E-state index contributed by atoms with van der Waals surface area (Å²) in [5.74, 6) is -0.847. The molecule has 1 saturated heterocycles. The number of carbonyl (C=O) groups excluding carboxylic acids is 1. The molecule has 1 heterocycles. The fraction of sp³-hybridized carbons (Fsp3) is 0.867. The number of carbonyl (C=O) groups is 2. The quantitative estimate of drug-likeness (QED) is 0.835. The summed E-state index contributed by atoms with van der Waals surface area (Å²) in [6, 6.07) is -0.132. The number of carboxylic acid groups (broad SMARTS) is 1. The Kier molecular flexibility index (Phi) is 5.08. The summed E-state index contributed by atoms with van der Waals surface area (Å²) in [7, 11) is 0. The highest BCUT2D eigenvalue weighted by Crippen LogP contribution is 2.31. The molecule has 1 aliphatic heterocycles. The minimum atomic E-state index is -0.847. The van der Waals surface area contributed by atoms with Crippen LogP contribution < -0.4 is 5.32 Å². The van der Waals surface area contributed by atoms with E-state index in [0.717, 1.165) is 32.1 Å². The number of urea groups is 1. The van der Waals surface area contributed by atoms with Crippen molar-refractivity contribution in [1.29, 1.82) is 0 Å². The van der Waals surface area contributed by atoms with E-state index in [-0.39, 0.29) is 24.6 Å². The third-order valence-electron chi connectivity index (χ3n) is 4.54. The second kappa shape index (κ2) is 6.64. The van der Waals surface area contributed by atoms with Gasteiger partial charge in [-0.1, -0.05) is 19.3 Å². The largest absolute Gasteiger partial charge is 0.481 e. The lowest BCUT2D eigenvalue weighted by Crippen LogP contribution is -2.60. The SMILES string of the molecule is CC1CN(C(=O)NC2(CC(=O)O)CCCCC2)C(C)CO1. The van der Waals surface area contributed by atoms with Crippen LogP contribution in [-0.2, 0) is 9.53 Å². The monoisotopic (exact) mass is 298 g/mol. The Morgan fingerprint density at radius 2 is 1.95 bits per heavy atom. The molecule has 0 aromatic heterocycles. The van der Waals surface area contributed by atoms with Gasteiger partial charge in [0.15, 0.2) is 0 Å². The lowest BCUT2D eigenvalue weighted by molar-refractivity contribution is -0.139. The Hall–Kier alpha value is -1.30.